The SMILES string of the molecule is CC(C)c1ccc(-c2cccc3[cH-]c(C(C)C)cc23)cc1.C[Si]C.Cc1cc2c(-c3ccc(C45CC6CC(CC(C6)C4)C5)cc3)cccc2[cH-]1.[Cl][Zr+2][Cl]. The van der Waals surface area contributed by atoms with E-state index in [0.717, 1.165) is 27.3 Å². The minimum absolute atomic E-state index is 0.510. The summed E-state index contributed by atoms with van der Waals surface area (Å²) in [6, 6.07) is 41.4. The number of benzene rings is 4. The predicted octanol–water partition coefficient (Wildman–Crippen LogP) is 15.6. The summed E-state index contributed by atoms with van der Waals surface area (Å²) in [7, 11) is 11.0. The minimum atomic E-state index is -0.826. The molecule has 4 fully saturated rings. The number of halogens is 2. The van der Waals surface area contributed by atoms with Crippen molar-refractivity contribution in [3.63, 3.8) is 0 Å². The molecule has 4 bridgehead atoms. The Hall–Kier alpha value is -2.22. The second kappa shape index (κ2) is 18.2. The van der Waals surface area contributed by atoms with Crippen molar-refractivity contribution in [1.82, 2.24) is 0 Å². The summed E-state index contributed by atoms with van der Waals surface area (Å²) in [5, 5.41) is 5.49. The van der Waals surface area contributed by atoms with Crippen LogP contribution in [0.1, 0.15) is 100 Å². The van der Waals surface area contributed by atoms with Gasteiger partial charge < -0.3 is 0 Å². The van der Waals surface area contributed by atoms with Crippen LogP contribution in [0.25, 0.3) is 43.8 Å². The van der Waals surface area contributed by atoms with E-state index in [9.17, 15) is 0 Å². The van der Waals surface area contributed by atoms with Crippen LogP contribution in [-0.4, -0.2) is 9.52 Å². The molecule has 53 heavy (non-hydrogen) atoms. The van der Waals surface area contributed by atoms with Crippen molar-refractivity contribution in [2.24, 2.45) is 17.8 Å². The Balaban J connectivity index is 0.000000161. The fourth-order valence-electron chi connectivity index (χ4n) is 9.99. The third-order valence-corrected chi connectivity index (χ3v) is 12.1. The van der Waals surface area contributed by atoms with E-state index in [1.807, 2.05) is 0 Å². The zero-order chi connectivity index (χ0) is 37.7. The molecule has 0 aliphatic heterocycles. The van der Waals surface area contributed by atoms with Crippen LogP contribution in [0.4, 0.5) is 0 Å². The van der Waals surface area contributed by atoms with E-state index in [0.29, 0.717) is 17.3 Å². The Morgan fingerprint density at radius 2 is 1.09 bits per heavy atom. The summed E-state index contributed by atoms with van der Waals surface area (Å²) in [6.45, 7) is 15.5. The standard InChI is InChI=1S/C26H27.C21H23.C2H6Si.2ClH.Zr/c1-17-9-22-3-2-4-24(25(22)10-17)21-5-7-23(8-6-21)26-14-18-11-19(15-26)13-20(12-18)16-26;1-14(2)16-8-10-17(11-9-16)20-7-5-6-18-12-19(15(3)4)13-21(18)20;1-3-2;;;/h2-10,18-20H,11-16H2,1H3;5-15H,1-4H3;1-2H3;2*1H;/q2*-1;;;;+4/p-2. The number of rotatable bonds is 5. The van der Waals surface area contributed by atoms with E-state index < -0.39 is 20.8 Å². The van der Waals surface area contributed by atoms with E-state index in [1.54, 1.807) is 5.56 Å². The van der Waals surface area contributed by atoms with E-state index in [4.69, 9.17) is 17.0 Å². The summed E-state index contributed by atoms with van der Waals surface area (Å²) < 4.78 is 0. The third-order valence-electron chi connectivity index (χ3n) is 12.1. The third kappa shape index (κ3) is 9.26. The first-order chi connectivity index (χ1) is 25.6. The van der Waals surface area contributed by atoms with Crippen molar-refractivity contribution in [3.8, 4) is 22.3 Å². The number of hydrogen-bond donors (Lipinski definition) is 0. The summed E-state index contributed by atoms with van der Waals surface area (Å²) in [4.78, 5) is 0. The molecular weight excluding hydrogens is 779 g/mol. The molecular formula is C49H56Cl2SiZr. The van der Waals surface area contributed by atoms with Crippen LogP contribution in [-0.2, 0) is 26.3 Å². The van der Waals surface area contributed by atoms with Crippen molar-refractivity contribution in [2.75, 3.05) is 0 Å². The second-order valence-corrected chi connectivity index (χ2v) is 21.4. The molecule has 0 heterocycles. The van der Waals surface area contributed by atoms with Crippen molar-refractivity contribution in [1.29, 1.82) is 0 Å². The van der Waals surface area contributed by atoms with Gasteiger partial charge in [0.05, 0.1) is 0 Å². The monoisotopic (exact) mass is 832 g/mol. The zero-order valence-electron chi connectivity index (χ0n) is 32.8. The Morgan fingerprint density at radius 1 is 0.642 bits per heavy atom. The molecule has 2 radical (unpaired) electrons. The first-order valence-corrected chi connectivity index (χ1v) is 28.0. The molecule has 6 aromatic rings. The number of aryl methyl sites for hydroxylation is 1. The maximum absolute atomic E-state index is 4.93. The molecule has 4 aliphatic rings. The van der Waals surface area contributed by atoms with Gasteiger partial charge in [0.1, 0.15) is 0 Å². The summed E-state index contributed by atoms with van der Waals surface area (Å²) in [5.41, 5.74) is 11.7. The molecule has 0 atom stereocenters. The molecule has 0 aromatic heterocycles. The molecule has 274 valence electrons. The van der Waals surface area contributed by atoms with Crippen molar-refractivity contribution >= 4 is 48.1 Å². The van der Waals surface area contributed by atoms with Gasteiger partial charge in [0.2, 0.25) is 0 Å². The van der Waals surface area contributed by atoms with Crippen LogP contribution in [0.2, 0.25) is 13.1 Å². The van der Waals surface area contributed by atoms with Crippen LogP contribution in [0.3, 0.4) is 0 Å². The molecule has 4 aliphatic carbocycles. The van der Waals surface area contributed by atoms with Crippen molar-refractivity contribution in [3.05, 3.63) is 131 Å². The van der Waals surface area contributed by atoms with Gasteiger partial charge in [-0.1, -0.05) is 120 Å². The van der Waals surface area contributed by atoms with Gasteiger partial charge in [-0.05, 0) is 95.8 Å². The van der Waals surface area contributed by atoms with E-state index >= 15 is 0 Å². The number of hydrogen-bond acceptors (Lipinski definition) is 0. The predicted molar refractivity (Wildman–Crippen MR) is 232 cm³/mol. The summed E-state index contributed by atoms with van der Waals surface area (Å²) in [6.07, 6.45) is 8.93. The first kappa shape index (κ1) is 40.4. The quantitative estimate of drug-likeness (QED) is 0.120. The van der Waals surface area contributed by atoms with Gasteiger partial charge in [0, 0.05) is 9.52 Å². The molecule has 6 aromatic carbocycles. The molecule has 0 spiro atoms. The fourth-order valence-corrected chi connectivity index (χ4v) is 9.99. The second-order valence-electron chi connectivity index (χ2n) is 16.7. The number of fused-ring (bicyclic) bond motifs is 2. The van der Waals surface area contributed by atoms with E-state index in [1.165, 1.54) is 99.0 Å². The van der Waals surface area contributed by atoms with Crippen LogP contribution in [0, 0.1) is 24.7 Å². The van der Waals surface area contributed by atoms with Crippen molar-refractivity contribution in [2.45, 2.75) is 103 Å². The molecule has 10 rings (SSSR count). The van der Waals surface area contributed by atoms with Crippen molar-refractivity contribution < 1.29 is 20.8 Å². The molecule has 0 unspecified atom stereocenters. The average Bonchev–Trinajstić information content (AvgIpc) is 3.76. The van der Waals surface area contributed by atoms with Crippen LogP contribution in [0.5, 0.6) is 0 Å². The Bertz CT molecular complexity index is 2030. The Kier molecular flexibility index (Phi) is 13.9. The average molecular weight is 835 g/mol. The first-order valence-electron chi connectivity index (χ1n) is 19.7. The van der Waals surface area contributed by atoms with Crippen LogP contribution >= 0.6 is 17.0 Å². The molecule has 0 nitrogen and oxygen atoms in total. The van der Waals surface area contributed by atoms with Gasteiger partial charge in [-0.3, -0.25) is 0 Å². The normalized spacial score (nSPS) is 21.1. The van der Waals surface area contributed by atoms with Gasteiger partial charge >= 0.3 is 37.9 Å². The summed E-state index contributed by atoms with van der Waals surface area (Å²) >= 11 is -0.826. The van der Waals surface area contributed by atoms with Crippen LogP contribution in [0.15, 0.2) is 109 Å². The summed E-state index contributed by atoms with van der Waals surface area (Å²) in [5.74, 6) is 4.21. The fraction of sp³-hybridized carbons (Fsp3) is 0.388. The molecule has 0 N–H and O–H groups in total. The van der Waals surface area contributed by atoms with Gasteiger partial charge in [0.25, 0.3) is 0 Å². The van der Waals surface area contributed by atoms with Crippen LogP contribution < -0.4 is 0 Å². The molecule has 0 saturated heterocycles. The Labute approximate surface area is 341 Å². The van der Waals surface area contributed by atoms with E-state index in [-0.39, 0.29) is 0 Å². The van der Waals surface area contributed by atoms with Gasteiger partial charge in [-0.15, -0.1) is 69.1 Å². The zero-order valence-corrected chi connectivity index (χ0v) is 37.7. The molecule has 4 saturated carbocycles. The Morgan fingerprint density at radius 3 is 1.57 bits per heavy atom. The van der Waals surface area contributed by atoms with Gasteiger partial charge in [-0.2, -0.15) is 12.1 Å². The topological polar surface area (TPSA) is 0 Å². The van der Waals surface area contributed by atoms with Gasteiger partial charge in [-0.25, -0.2) is 0 Å². The molecule has 0 amide bonds. The maximum atomic E-state index is 4.93. The van der Waals surface area contributed by atoms with Gasteiger partial charge in [0.15, 0.2) is 0 Å². The molecule has 4 heteroatoms. The van der Waals surface area contributed by atoms with E-state index in [2.05, 4.69) is 157 Å².